The lowest BCUT2D eigenvalue weighted by molar-refractivity contribution is 0.0508. The fraction of sp³-hybridized carbons (Fsp3) is 0.227. The van der Waals surface area contributed by atoms with Crippen LogP contribution in [0.1, 0.15) is 29.3 Å². The minimum Gasteiger partial charge on any atom is -0.462 e. The molecule has 5 rings (SSSR count). The molecule has 4 aromatic rings. The molecule has 0 fully saturated rings. The largest absolute Gasteiger partial charge is 0.462 e. The van der Waals surface area contributed by atoms with E-state index in [1.54, 1.807) is 4.57 Å². The third-order valence-corrected chi connectivity index (χ3v) is 5.01. The number of nitrogens with zero attached hydrogens (tertiary/aromatic N) is 3. The van der Waals surface area contributed by atoms with Crippen molar-refractivity contribution in [3.05, 3.63) is 53.6 Å². The van der Waals surface area contributed by atoms with Crippen molar-refractivity contribution in [1.29, 1.82) is 0 Å². The van der Waals surface area contributed by atoms with E-state index in [1.165, 1.54) is 0 Å². The molecule has 152 valence electrons. The summed E-state index contributed by atoms with van der Waals surface area (Å²) in [5.74, 6) is 1.17. The Kier molecular flexibility index (Phi) is 4.39. The van der Waals surface area contributed by atoms with Gasteiger partial charge in [0.15, 0.2) is 17.1 Å². The predicted octanol–water partition coefficient (Wildman–Crippen LogP) is 3.51. The van der Waals surface area contributed by atoms with Crippen molar-refractivity contribution in [2.24, 2.45) is 0 Å². The topological polar surface area (TPSA) is 101 Å². The van der Waals surface area contributed by atoms with Crippen LogP contribution in [0.5, 0.6) is 11.5 Å². The van der Waals surface area contributed by atoms with Gasteiger partial charge in [0.05, 0.1) is 24.2 Å². The molecule has 0 aliphatic carbocycles. The summed E-state index contributed by atoms with van der Waals surface area (Å²) in [6.45, 7) is 2.85. The molecular formula is C22H20N4O4. The molecule has 2 aromatic heterocycles. The number of carbonyl (C=O) groups is 1. The van der Waals surface area contributed by atoms with Gasteiger partial charge in [-0.05, 0) is 36.2 Å². The van der Waals surface area contributed by atoms with Crippen LogP contribution in [0.25, 0.3) is 22.2 Å². The number of fused-ring (bicyclic) bond motifs is 3. The van der Waals surface area contributed by atoms with Gasteiger partial charge in [0.2, 0.25) is 6.79 Å². The number of rotatable bonds is 5. The first kappa shape index (κ1) is 18.2. The second-order valence-electron chi connectivity index (χ2n) is 7.05. The molecule has 0 unspecified atom stereocenters. The van der Waals surface area contributed by atoms with Gasteiger partial charge in [-0.1, -0.05) is 25.1 Å². The highest BCUT2D eigenvalue weighted by atomic mass is 16.7. The normalized spacial score (nSPS) is 12.6. The highest BCUT2D eigenvalue weighted by Crippen LogP contribution is 2.34. The third-order valence-electron chi connectivity index (χ3n) is 5.01. The number of anilines is 1. The SMILES string of the molecule is CCCOC(=O)c1c(N)n(Cc2ccc3c(c2)OCO3)c2nc3ccccc3nc12. The van der Waals surface area contributed by atoms with Crippen molar-refractivity contribution in [2.75, 3.05) is 19.1 Å². The van der Waals surface area contributed by atoms with Gasteiger partial charge in [0, 0.05) is 0 Å². The van der Waals surface area contributed by atoms with E-state index in [1.807, 2.05) is 49.4 Å². The summed E-state index contributed by atoms with van der Waals surface area (Å²) < 4.78 is 18.0. The average Bonchev–Trinajstić information content (AvgIpc) is 3.33. The molecule has 8 nitrogen and oxygen atoms in total. The van der Waals surface area contributed by atoms with Crippen molar-refractivity contribution in [3.63, 3.8) is 0 Å². The van der Waals surface area contributed by atoms with Crippen LogP contribution < -0.4 is 15.2 Å². The van der Waals surface area contributed by atoms with Crippen molar-refractivity contribution >= 4 is 34.0 Å². The molecule has 0 bridgehead atoms. The van der Waals surface area contributed by atoms with E-state index < -0.39 is 5.97 Å². The molecule has 0 spiro atoms. The number of carbonyl (C=O) groups excluding carboxylic acids is 1. The zero-order valence-corrected chi connectivity index (χ0v) is 16.4. The molecular weight excluding hydrogens is 384 g/mol. The van der Waals surface area contributed by atoms with Crippen LogP contribution >= 0.6 is 0 Å². The Hall–Kier alpha value is -3.81. The Bertz CT molecular complexity index is 1280. The molecule has 3 heterocycles. The number of nitrogen functional groups attached to an aromatic ring is 1. The van der Waals surface area contributed by atoms with Crippen LogP contribution in [0.4, 0.5) is 5.82 Å². The summed E-state index contributed by atoms with van der Waals surface area (Å²) in [5, 5.41) is 0. The third kappa shape index (κ3) is 2.97. The minimum absolute atomic E-state index is 0.207. The van der Waals surface area contributed by atoms with E-state index in [0.29, 0.717) is 41.3 Å². The van der Waals surface area contributed by atoms with Gasteiger partial charge in [-0.15, -0.1) is 0 Å². The lowest BCUT2D eigenvalue weighted by Gasteiger charge is -2.09. The number of hydrogen-bond acceptors (Lipinski definition) is 7. The quantitative estimate of drug-likeness (QED) is 0.508. The van der Waals surface area contributed by atoms with E-state index in [9.17, 15) is 4.79 Å². The molecule has 2 N–H and O–H groups in total. The average molecular weight is 404 g/mol. The maximum Gasteiger partial charge on any atom is 0.344 e. The Labute approximate surface area is 172 Å². The van der Waals surface area contributed by atoms with Gasteiger partial charge < -0.3 is 24.5 Å². The summed E-state index contributed by atoms with van der Waals surface area (Å²) in [6, 6.07) is 13.2. The number of benzene rings is 2. The first-order chi connectivity index (χ1) is 14.7. The highest BCUT2D eigenvalue weighted by Gasteiger charge is 2.25. The van der Waals surface area contributed by atoms with Gasteiger partial charge in [0.25, 0.3) is 0 Å². The Morgan fingerprint density at radius 1 is 1.13 bits per heavy atom. The fourth-order valence-electron chi connectivity index (χ4n) is 3.57. The number of esters is 1. The van der Waals surface area contributed by atoms with E-state index >= 15 is 0 Å². The summed E-state index contributed by atoms with van der Waals surface area (Å²) in [5.41, 5.74) is 10.0. The summed E-state index contributed by atoms with van der Waals surface area (Å²) >= 11 is 0. The monoisotopic (exact) mass is 404 g/mol. The number of para-hydroxylation sites is 2. The van der Waals surface area contributed by atoms with Crippen LogP contribution in [0, 0.1) is 0 Å². The zero-order valence-electron chi connectivity index (χ0n) is 16.4. The number of hydrogen-bond donors (Lipinski definition) is 1. The van der Waals surface area contributed by atoms with Gasteiger partial charge in [-0.3, -0.25) is 0 Å². The van der Waals surface area contributed by atoms with Crippen LogP contribution in [-0.2, 0) is 11.3 Å². The molecule has 8 heteroatoms. The van der Waals surface area contributed by atoms with Gasteiger partial charge in [0.1, 0.15) is 16.9 Å². The summed E-state index contributed by atoms with van der Waals surface area (Å²) in [7, 11) is 0. The van der Waals surface area contributed by atoms with E-state index in [-0.39, 0.29) is 18.2 Å². The van der Waals surface area contributed by atoms with Crippen LogP contribution in [0.3, 0.4) is 0 Å². The lowest BCUT2D eigenvalue weighted by Crippen LogP contribution is -2.11. The molecule has 30 heavy (non-hydrogen) atoms. The second-order valence-corrected chi connectivity index (χ2v) is 7.05. The summed E-state index contributed by atoms with van der Waals surface area (Å²) in [4.78, 5) is 22.2. The standard InChI is InChI=1S/C22H20N4O4/c1-2-9-28-22(27)18-19-21(25-15-6-4-3-5-14(15)24-19)26(20(18)23)11-13-7-8-16-17(10-13)30-12-29-16/h3-8,10H,2,9,11-12,23H2,1H3. The van der Waals surface area contributed by atoms with Crippen LogP contribution in [-0.4, -0.2) is 33.9 Å². The van der Waals surface area contributed by atoms with Crippen molar-refractivity contribution < 1.29 is 19.0 Å². The minimum atomic E-state index is -0.492. The fourth-order valence-corrected chi connectivity index (χ4v) is 3.57. The zero-order chi connectivity index (χ0) is 20.7. The molecule has 1 aliphatic heterocycles. The molecule has 0 saturated carbocycles. The van der Waals surface area contributed by atoms with E-state index in [2.05, 4.69) is 4.98 Å². The first-order valence-electron chi connectivity index (χ1n) is 9.76. The lowest BCUT2D eigenvalue weighted by atomic mass is 10.2. The molecule has 1 aliphatic rings. The molecule has 0 radical (unpaired) electrons. The first-order valence-corrected chi connectivity index (χ1v) is 9.76. The number of ether oxygens (including phenoxy) is 3. The Morgan fingerprint density at radius 3 is 2.70 bits per heavy atom. The smallest absolute Gasteiger partial charge is 0.344 e. The predicted molar refractivity (Wildman–Crippen MR) is 112 cm³/mol. The van der Waals surface area contributed by atoms with Gasteiger partial charge in [-0.2, -0.15) is 0 Å². The maximum atomic E-state index is 12.8. The van der Waals surface area contributed by atoms with Crippen molar-refractivity contribution in [1.82, 2.24) is 14.5 Å². The number of aromatic nitrogens is 3. The van der Waals surface area contributed by atoms with Crippen molar-refractivity contribution in [3.8, 4) is 11.5 Å². The maximum absolute atomic E-state index is 12.8. The highest BCUT2D eigenvalue weighted by molar-refractivity contribution is 6.08. The molecule has 0 saturated heterocycles. The molecule has 2 aromatic carbocycles. The summed E-state index contributed by atoms with van der Waals surface area (Å²) in [6.07, 6.45) is 0.718. The Morgan fingerprint density at radius 2 is 1.90 bits per heavy atom. The van der Waals surface area contributed by atoms with E-state index in [0.717, 1.165) is 17.5 Å². The van der Waals surface area contributed by atoms with Crippen molar-refractivity contribution in [2.45, 2.75) is 19.9 Å². The van der Waals surface area contributed by atoms with Gasteiger partial charge in [-0.25, -0.2) is 14.8 Å². The Balaban J connectivity index is 1.67. The molecule has 0 atom stereocenters. The van der Waals surface area contributed by atoms with Crippen LogP contribution in [0.2, 0.25) is 0 Å². The van der Waals surface area contributed by atoms with Gasteiger partial charge >= 0.3 is 5.97 Å². The second kappa shape index (κ2) is 7.22. The molecule has 0 amide bonds. The van der Waals surface area contributed by atoms with Crippen LogP contribution in [0.15, 0.2) is 42.5 Å². The van der Waals surface area contributed by atoms with E-state index in [4.69, 9.17) is 24.9 Å². The number of nitrogens with two attached hydrogens (primary N) is 1.